The molecule has 0 saturated heterocycles. The number of benzene rings is 2. The second kappa shape index (κ2) is 5.22. The Morgan fingerprint density at radius 1 is 0.938 bits per heavy atom. The van der Waals surface area contributed by atoms with E-state index >= 15 is 0 Å². The van der Waals surface area contributed by atoms with E-state index in [1.165, 1.54) is 16.6 Å². The maximum absolute atomic E-state index is 6.39. The van der Waals surface area contributed by atoms with Crippen LogP contribution in [0.5, 0.6) is 0 Å². The van der Waals surface area contributed by atoms with Crippen LogP contribution in [0.4, 0.5) is 0 Å². The van der Waals surface area contributed by atoms with Crippen molar-refractivity contribution in [1.82, 2.24) is 0 Å². The lowest BCUT2D eigenvalue weighted by Crippen LogP contribution is -2.26. The van der Waals surface area contributed by atoms with Gasteiger partial charge in [-0.3, -0.25) is 0 Å². The van der Waals surface area contributed by atoms with Crippen LogP contribution in [-0.2, 0) is 6.32 Å². The van der Waals surface area contributed by atoms with Crippen molar-refractivity contribution >= 4 is 23.1 Å². The lowest BCUT2D eigenvalue weighted by molar-refractivity contribution is 1.38. The Hall–Kier alpha value is -1.21. The molecule has 0 amide bonds. The molecule has 0 aromatic heterocycles. The molecule has 0 spiro atoms. The van der Waals surface area contributed by atoms with Crippen molar-refractivity contribution in [1.29, 1.82) is 0 Å². The van der Waals surface area contributed by atoms with Crippen LogP contribution in [0.3, 0.4) is 0 Å². The van der Waals surface area contributed by atoms with Gasteiger partial charge in [-0.05, 0) is 13.2 Å². The number of rotatable bonds is 3. The highest BCUT2D eigenvalue weighted by molar-refractivity contribution is 7.13. The van der Waals surface area contributed by atoms with Crippen molar-refractivity contribution in [3.63, 3.8) is 0 Å². The second-order valence-corrected chi connectivity index (χ2v) is 4.59. The van der Waals surface area contributed by atoms with E-state index in [-0.39, 0.29) is 6.13 Å². The highest BCUT2D eigenvalue weighted by atomic mass is 35.5. The molecule has 0 N–H and O–H groups in total. The van der Waals surface area contributed by atoms with Crippen LogP contribution in [-0.4, -0.2) is 6.13 Å². The summed E-state index contributed by atoms with van der Waals surface area (Å²) in [6.07, 6.45) is 0.939. The van der Waals surface area contributed by atoms with E-state index in [0.29, 0.717) is 0 Å². The van der Waals surface area contributed by atoms with E-state index < -0.39 is 0 Å². The van der Waals surface area contributed by atoms with E-state index in [0.717, 1.165) is 6.32 Å². The van der Waals surface area contributed by atoms with Crippen LogP contribution in [0.1, 0.15) is 11.1 Å². The fourth-order valence-electron chi connectivity index (χ4n) is 1.71. The van der Waals surface area contributed by atoms with Gasteiger partial charge in [0.05, 0.1) is 0 Å². The standard InChI is InChI=1S/C14H14BCl/c1-12-7-9-14(10-8-12)15(16)11-13-5-3-2-4-6-13/h2-10H,11H2,1H3. The minimum absolute atomic E-state index is 0.0583. The molecule has 80 valence electrons. The summed E-state index contributed by atoms with van der Waals surface area (Å²) in [5.41, 5.74) is 3.74. The normalized spacial score (nSPS) is 10.1. The van der Waals surface area contributed by atoms with Crippen LogP contribution >= 0.6 is 11.5 Å². The molecule has 2 heteroatoms. The quantitative estimate of drug-likeness (QED) is 0.708. The molecule has 0 heterocycles. The Balaban J connectivity index is 2.09. The lowest BCUT2D eigenvalue weighted by atomic mass is 9.63. The Morgan fingerprint density at radius 2 is 1.56 bits per heavy atom. The molecule has 2 aromatic rings. The lowest BCUT2D eigenvalue weighted by Gasteiger charge is -2.06. The highest BCUT2D eigenvalue weighted by Crippen LogP contribution is 2.06. The van der Waals surface area contributed by atoms with Gasteiger partial charge in [-0.2, -0.15) is 11.5 Å². The first-order valence-electron chi connectivity index (χ1n) is 5.50. The van der Waals surface area contributed by atoms with Gasteiger partial charge >= 0.3 is 0 Å². The molecule has 0 aliphatic rings. The van der Waals surface area contributed by atoms with Gasteiger partial charge in [-0.1, -0.05) is 71.2 Å². The summed E-state index contributed by atoms with van der Waals surface area (Å²) in [4.78, 5) is 0. The zero-order valence-corrected chi connectivity index (χ0v) is 10.1. The first-order valence-corrected chi connectivity index (χ1v) is 5.94. The highest BCUT2D eigenvalue weighted by Gasteiger charge is 2.13. The molecule has 0 unspecified atom stereocenters. The molecule has 0 fully saturated rings. The van der Waals surface area contributed by atoms with Crippen molar-refractivity contribution in [3.05, 3.63) is 65.7 Å². The fraction of sp³-hybridized carbons (Fsp3) is 0.143. The minimum Gasteiger partial charge on any atom is -0.188 e. The summed E-state index contributed by atoms with van der Waals surface area (Å²) in [5, 5.41) is 0. The van der Waals surface area contributed by atoms with Gasteiger partial charge in [-0.25, -0.2) is 0 Å². The van der Waals surface area contributed by atoms with Gasteiger partial charge < -0.3 is 0 Å². The third-order valence-corrected chi connectivity index (χ3v) is 3.10. The molecule has 0 atom stereocenters. The Kier molecular flexibility index (Phi) is 3.68. The van der Waals surface area contributed by atoms with Crippen LogP contribution in [0, 0.1) is 6.92 Å². The summed E-state index contributed by atoms with van der Waals surface area (Å²) in [6, 6.07) is 18.8. The Morgan fingerprint density at radius 3 is 2.19 bits per heavy atom. The predicted octanol–water partition coefficient (Wildman–Crippen LogP) is 3.21. The van der Waals surface area contributed by atoms with Gasteiger partial charge in [0, 0.05) is 0 Å². The van der Waals surface area contributed by atoms with Crippen molar-refractivity contribution in [3.8, 4) is 0 Å². The number of hydrogen-bond donors (Lipinski definition) is 0. The molecular weight excluding hydrogens is 214 g/mol. The van der Waals surface area contributed by atoms with Gasteiger partial charge in [0.2, 0.25) is 0 Å². The second-order valence-electron chi connectivity index (χ2n) is 4.07. The summed E-state index contributed by atoms with van der Waals surface area (Å²) in [6.45, 7) is 2.09. The summed E-state index contributed by atoms with van der Waals surface area (Å²) in [7, 11) is 0. The molecule has 0 aliphatic carbocycles. The van der Waals surface area contributed by atoms with Crippen LogP contribution < -0.4 is 5.46 Å². The largest absolute Gasteiger partial charge is 0.287 e. The molecule has 0 aliphatic heterocycles. The Bertz CT molecular complexity index is 436. The topological polar surface area (TPSA) is 0 Å². The molecule has 0 radical (unpaired) electrons. The average molecular weight is 229 g/mol. The summed E-state index contributed by atoms with van der Waals surface area (Å²) < 4.78 is 0. The monoisotopic (exact) mass is 228 g/mol. The summed E-state index contributed by atoms with van der Waals surface area (Å²) in [5.74, 6) is 0. The maximum atomic E-state index is 6.39. The van der Waals surface area contributed by atoms with Crippen molar-refractivity contribution in [2.24, 2.45) is 0 Å². The van der Waals surface area contributed by atoms with Gasteiger partial charge in [-0.15, -0.1) is 0 Å². The van der Waals surface area contributed by atoms with Gasteiger partial charge in [0.15, 0.2) is 0 Å². The molecular formula is C14H14BCl. The van der Waals surface area contributed by atoms with E-state index in [4.69, 9.17) is 11.5 Å². The molecule has 16 heavy (non-hydrogen) atoms. The maximum Gasteiger partial charge on any atom is 0.287 e. The third-order valence-electron chi connectivity index (χ3n) is 2.70. The minimum atomic E-state index is 0.0583. The fourth-order valence-corrected chi connectivity index (χ4v) is 2.04. The average Bonchev–Trinajstić information content (AvgIpc) is 2.31. The first kappa shape index (κ1) is 11.3. The summed E-state index contributed by atoms with van der Waals surface area (Å²) >= 11 is 6.39. The van der Waals surface area contributed by atoms with Crippen molar-refractivity contribution in [2.75, 3.05) is 0 Å². The molecule has 2 rings (SSSR count). The van der Waals surface area contributed by atoms with E-state index in [9.17, 15) is 0 Å². The van der Waals surface area contributed by atoms with Gasteiger partial charge in [0.1, 0.15) is 0 Å². The van der Waals surface area contributed by atoms with Gasteiger partial charge in [0.25, 0.3) is 6.13 Å². The van der Waals surface area contributed by atoms with Crippen LogP contribution in [0.2, 0.25) is 0 Å². The third kappa shape index (κ3) is 2.90. The smallest absolute Gasteiger partial charge is 0.188 e. The first-order chi connectivity index (χ1) is 7.75. The zero-order chi connectivity index (χ0) is 11.4. The zero-order valence-electron chi connectivity index (χ0n) is 9.36. The molecule has 2 aromatic carbocycles. The van der Waals surface area contributed by atoms with E-state index in [1.54, 1.807) is 0 Å². The number of hydrogen-bond acceptors (Lipinski definition) is 0. The van der Waals surface area contributed by atoms with E-state index in [1.807, 2.05) is 18.2 Å². The van der Waals surface area contributed by atoms with Crippen LogP contribution in [0.15, 0.2) is 54.6 Å². The Labute approximate surface area is 102 Å². The molecule has 0 saturated carbocycles. The number of aryl methyl sites for hydroxylation is 1. The van der Waals surface area contributed by atoms with Crippen LogP contribution in [0.25, 0.3) is 0 Å². The van der Waals surface area contributed by atoms with Crippen molar-refractivity contribution < 1.29 is 0 Å². The number of halogens is 1. The SMILES string of the molecule is Cc1ccc(B(Cl)Cc2ccccc2)cc1. The molecule has 0 nitrogen and oxygen atoms in total. The molecule has 0 bridgehead atoms. The van der Waals surface area contributed by atoms with E-state index in [2.05, 4.69) is 43.3 Å². The predicted molar refractivity (Wildman–Crippen MR) is 72.6 cm³/mol. The van der Waals surface area contributed by atoms with Crippen molar-refractivity contribution in [2.45, 2.75) is 13.2 Å².